The van der Waals surface area contributed by atoms with Gasteiger partial charge in [-0.15, -0.1) is 0 Å². The van der Waals surface area contributed by atoms with Crippen molar-refractivity contribution in [1.82, 2.24) is 10.2 Å². The summed E-state index contributed by atoms with van der Waals surface area (Å²) in [5.41, 5.74) is 1.89. The summed E-state index contributed by atoms with van der Waals surface area (Å²) < 4.78 is 6.01. The lowest BCUT2D eigenvalue weighted by Gasteiger charge is -2.61. The molecule has 0 aliphatic heterocycles. The lowest BCUT2D eigenvalue weighted by molar-refractivity contribution is -0.162. The van der Waals surface area contributed by atoms with Crippen molar-refractivity contribution in [2.75, 3.05) is 14.1 Å². The molecule has 0 radical (unpaired) electrons. The number of carbonyl (C=O) groups excluding carboxylic acids is 2. The Bertz CT molecular complexity index is 1050. The van der Waals surface area contributed by atoms with E-state index in [2.05, 4.69) is 51.2 Å². The SMILES string of the molecule is CC(=O)O[C@H]1C(NC(=O)c2ccccc2)=CC[C@]2(C)C3CC[C@@]4(C)C(CC[C@@H]4C(C)N(C)C)C3CCC12. The first-order valence-electron chi connectivity index (χ1n) is 14.5. The number of benzene rings is 1. The maximum Gasteiger partial charge on any atom is 0.303 e. The molecule has 4 aliphatic rings. The fourth-order valence-corrected chi connectivity index (χ4v) is 9.38. The number of esters is 1. The molecule has 5 heteroatoms. The van der Waals surface area contributed by atoms with Crippen molar-refractivity contribution >= 4 is 11.9 Å². The van der Waals surface area contributed by atoms with Crippen LogP contribution in [0.5, 0.6) is 0 Å². The van der Waals surface area contributed by atoms with Gasteiger partial charge in [0.25, 0.3) is 5.91 Å². The Morgan fingerprint density at radius 2 is 1.65 bits per heavy atom. The molecule has 0 aromatic heterocycles. The zero-order chi connectivity index (χ0) is 26.5. The number of nitrogens with zero attached hydrogens (tertiary/aromatic N) is 1. The van der Waals surface area contributed by atoms with E-state index in [1.54, 1.807) is 0 Å². The second-order valence-electron chi connectivity index (χ2n) is 13.2. The van der Waals surface area contributed by atoms with Crippen molar-refractivity contribution in [3.63, 3.8) is 0 Å². The minimum absolute atomic E-state index is 0.0799. The number of hydrogen-bond donors (Lipinski definition) is 1. The summed E-state index contributed by atoms with van der Waals surface area (Å²) in [6, 6.07) is 9.90. The van der Waals surface area contributed by atoms with Gasteiger partial charge in [0.2, 0.25) is 0 Å². The Balaban J connectivity index is 1.41. The highest BCUT2D eigenvalue weighted by Gasteiger charge is 2.62. The van der Waals surface area contributed by atoms with E-state index in [4.69, 9.17) is 4.74 Å². The highest BCUT2D eigenvalue weighted by Crippen LogP contribution is 2.67. The Hall–Kier alpha value is -2.14. The maximum absolute atomic E-state index is 13.0. The van der Waals surface area contributed by atoms with E-state index >= 15 is 0 Å². The quantitative estimate of drug-likeness (QED) is 0.493. The van der Waals surface area contributed by atoms with Gasteiger partial charge in [-0.25, -0.2) is 0 Å². The molecule has 0 saturated heterocycles. The molecular weight excluding hydrogens is 460 g/mol. The zero-order valence-corrected chi connectivity index (χ0v) is 23.6. The molecule has 1 amide bonds. The van der Waals surface area contributed by atoms with E-state index < -0.39 is 0 Å². The molecular formula is C32H46N2O3. The summed E-state index contributed by atoms with van der Waals surface area (Å²) in [6.45, 7) is 8.96. The Morgan fingerprint density at radius 1 is 0.973 bits per heavy atom. The van der Waals surface area contributed by atoms with Gasteiger partial charge in [0.1, 0.15) is 6.10 Å². The fraction of sp³-hybridized carbons (Fsp3) is 0.688. The van der Waals surface area contributed by atoms with Crippen LogP contribution in [0.1, 0.15) is 83.0 Å². The molecule has 0 heterocycles. The number of rotatable bonds is 5. The van der Waals surface area contributed by atoms with Crippen molar-refractivity contribution in [2.24, 2.45) is 40.4 Å². The average Bonchev–Trinajstić information content (AvgIpc) is 3.22. The molecule has 3 saturated carbocycles. The van der Waals surface area contributed by atoms with Crippen LogP contribution in [-0.2, 0) is 9.53 Å². The van der Waals surface area contributed by atoms with Crippen molar-refractivity contribution in [2.45, 2.75) is 84.8 Å². The fourth-order valence-electron chi connectivity index (χ4n) is 9.38. The van der Waals surface area contributed by atoms with Crippen molar-refractivity contribution in [3.05, 3.63) is 47.7 Å². The number of amides is 1. The van der Waals surface area contributed by atoms with Gasteiger partial charge in [0.15, 0.2) is 0 Å². The van der Waals surface area contributed by atoms with Gasteiger partial charge in [0, 0.05) is 24.4 Å². The largest absolute Gasteiger partial charge is 0.456 e. The first kappa shape index (κ1) is 26.5. The van der Waals surface area contributed by atoms with Crippen molar-refractivity contribution in [3.8, 4) is 0 Å². The summed E-state index contributed by atoms with van der Waals surface area (Å²) in [6.07, 6.45) is 10.2. The second-order valence-corrected chi connectivity index (χ2v) is 13.2. The normalized spacial score (nSPS) is 39.6. The number of hydrogen-bond acceptors (Lipinski definition) is 4. The third-order valence-electron chi connectivity index (χ3n) is 11.4. The van der Waals surface area contributed by atoms with Gasteiger partial charge in [-0.1, -0.05) is 38.1 Å². The summed E-state index contributed by atoms with van der Waals surface area (Å²) >= 11 is 0. The Kier molecular flexibility index (Phi) is 7.06. The summed E-state index contributed by atoms with van der Waals surface area (Å²) in [5.74, 6) is 2.75. The third kappa shape index (κ3) is 4.45. The topological polar surface area (TPSA) is 58.6 Å². The molecule has 4 aliphatic carbocycles. The van der Waals surface area contributed by atoms with Crippen LogP contribution in [0.3, 0.4) is 0 Å². The first-order chi connectivity index (χ1) is 17.6. The van der Waals surface area contributed by atoms with Crippen LogP contribution in [-0.4, -0.2) is 43.0 Å². The van der Waals surface area contributed by atoms with Crippen LogP contribution in [0.25, 0.3) is 0 Å². The molecule has 1 aromatic carbocycles. The zero-order valence-electron chi connectivity index (χ0n) is 23.6. The predicted molar refractivity (Wildman–Crippen MR) is 147 cm³/mol. The summed E-state index contributed by atoms with van der Waals surface area (Å²) in [7, 11) is 4.47. The van der Waals surface area contributed by atoms with E-state index in [9.17, 15) is 9.59 Å². The first-order valence-corrected chi connectivity index (χ1v) is 14.5. The molecule has 1 aromatic rings. The van der Waals surface area contributed by atoms with E-state index in [1.807, 2.05) is 30.3 Å². The number of allylic oxidation sites excluding steroid dienone is 1. The molecule has 5 nitrogen and oxygen atoms in total. The van der Waals surface area contributed by atoms with Crippen molar-refractivity contribution in [1.29, 1.82) is 0 Å². The molecule has 9 atom stereocenters. The minimum atomic E-state index is -0.386. The van der Waals surface area contributed by atoms with Crippen molar-refractivity contribution < 1.29 is 14.3 Å². The van der Waals surface area contributed by atoms with Gasteiger partial charge < -0.3 is 15.0 Å². The second kappa shape index (κ2) is 9.87. The van der Waals surface area contributed by atoms with E-state index in [-0.39, 0.29) is 29.3 Å². The Labute approximate surface area is 223 Å². The smallest absolute Gasteiger partial charge is 0.303 e. The van der Waals surface area contributed by atoms with Gasteiger partial charge in [-0.3, -0.25) is 9.59 Å². The molecule has 5 rings (SSSR count). The molecule has 202 valence electrons. The summed E-state index contributed by atoms with van der Waals surface area (Å²) in [4.78, 5) is 27.7. The van der Waals surface area contributed by atoms with Gasteiger partial charge in [-0.05, 0) is 113 Å². The average molecular weight is 507 g/mol. The number of nitrogens with one attached hydrogen (secondary N) is 1. The van der Waals surface area contributed by atoms with Crippen LogP contribution in [0.2, 0.25) is 0 Å². The lowest BCUT2D eigenvalue weighted by atomic mass is 9.44. The Morgan fingerprint density at radius 3 is 2.32 bits per heavy atom. The highest BCUT2D eigenvalue weighted by molar-refractivity contribution is 5.95. The van der Waals surface area contributed by atoms with Gasteiger partial charge >= 0.3 is 5.97 Å². The minimum Gasteiger partial charge on any atom is -0.456 e. The van der Waals surface area contributed by atoms with Crippen LogP contribution >= 0.6 is 0 Å². The third-order valence-corrected chi connectivity index (χ3v) is 11.4. The predicted octanol–water partition coefficient (Wildman–Crippen LogP) is 6.06. The van der Waals surface area contributed by atoms with Gasteiger partial charge in [-0.2, -0.15) is 0 Å². The van der Waals surface area contributed by atoms with E-state index in [0.29, 0.717) is 22.9 Å². The number of ether oxygens (including phenoxy) is 1. The number of fused-ring (bicyclic) bond motifs is 5. The number of carbonyl (C=O) groups is 2. The molecule has 1 N–H and O–H groups in total. The molecule has 0 spiro atoms. The van der Waals surface area contributed by atoms with Crippen LogP contribution in [0, 0.1) is 40.4 Å². The standard InChI is InChI=1S/C32H46N2O3/c1-20(34(5)6)24-14-15-25-23-12-13-27-29(37-21(2)35)28(33-30(36)22-10-8-7-9-11-22)17-19-32(27,4)26(23)16-18-31(24,25)3/h7-11,17,20,23-27,29H,12-16,18-19H2,1-6H3,(H,33,36)/t20?,23?,24-,25?,26?,27?,29-,31-,32-/m1/s1. The monoisotopic (exact) mass is 506 g/mol. The molecule has 5 unspecified atom stereocenters. The van der Waals surface area contributed by atoms with E-state index in [0.717, 1.165) is 36.3 Å². The molecule has 3 fully saturated rings. The maximum atomic E-state index is 13.0. The van der Waals surface area contributed by atoms with Crippen LogP contribution in [0.15, 0.2) is 42.1 Å². The van der Waals surface area contributed by atoms with Gasteiger partial charge in [0.05, 0.1) is 5.70 Å². The highest BCUT2D eigenvalue weighted by atomic mass is 16.5. The summed E-state index contributed by atoms with van der Waals surface area (Å²) in [5, 5.41) is 3.13. The van der Waals surface area contributed by atoms with Crippen LogP contribution < -0.4 is 5.32 Å². The van der Waals surface area contributed by atoms with Crippen LogP contribution in [0.4, 0.5) is 0 Å². The van der Waals surface area contributed by atoms with E-state index in [1.165, 1.54) is 39.0 Å². The molecule has 0 bridgehead atoms. The molecule has 37 heavy (non-hydrogen) atoms. The lowest BCUT2D eigenvalue weighted by Crippen LogP contribution is -2.57.